The standard InChI is InChI=1S/C12H18F3NO2/c13-12(14,15)8-2-1-3-9(6-8)16-10(11(17)18)7-4-5-7/h7-10,16H,1-6H2,(H,17,18). The molecule has 0 radical (unpaired) electrons. The van der Waals surface area contributed by atoms with Gasteiger partial charge in [0, 0.05) is 6.04 Å². The van der Waals surface area contributed by atoms with Crippen LogP contribution in [-0.4, -0.2) is 29.3 Å². The summed E-state index contributed by atoms with van der Waals surface area (Å²) in [4.78, 5) is 11.0. The summed E-state index contributed by atoms with van der Waals surface area (Å²) in [5, 5.41) is 12.0. The monoisotopic (exact) mass is 265 g/mol. The molecule has 18 heavy (non-hydrogen) atoms. The summed E-state index contributed by atoms with van der Waals surface area (Å²) in [6, 6.07) is -0.978. The molecule has 0 bridgehead atoms. The van der Waals surface area contributed by atoms with E-state index in [1.807, 2.05) is 0 Å². The zero-order valence-corrected chi connectivity index (χ0v) is 10.0. The topological polar surface area (TPSA) is 49.3 Å². The van der Waals surface area contributed by atoms with Crippen LogP contribution < -0.4 is 5.32 Å². The van der Waals surface area contributed by atoms with Crippen molar-refractivity contribution in [1.29, 1.82) is 0 Å². The highest BCUT2D eigenvalue weighted by atomic mass is 19.4. The second-order valence-corrected chi connectivity index (χ2v) is 5.42. The molecule has 0 aromatic heterocycles. The van der Waals surface area contributed by atoms with Gasteiger partial charge in [0.25, 0.3) is 0 Å². The van der Waals surface area contributed by atoms with Crippen LogP contribution in [0.4, 0.5) is 13.2 Å². The van der Waals surface area contributed by atoms with Crippen LogP contribution >= 0.6 is 0 Å². The van der Waals surface area contributed by atoms with E-state index in [0.29, 0.717) is 12.8 Å². The van der Waals surface area contributed by atoms with Crippen LogP contribution in [0.5, 0.6) is 0 Å². The maximum Gasteiger partial charge on any atom is 0.391 e. The number of alkyl halides is 3. The Bertz CT molecular complexity index is 315. The summed E-state index contributed by atoms with van der Waals surface area (Å²) in [5.74, 6) is -2.11. The van der Waals surface area contributed by atoms with Crippen molar-refractivity contribution in [3.8, 4) is 0 Å². The van der Waals surface area contributed by atoms with Gasteiger partial charge >= 0.3 is 12.1 Å². The average molecular weight is 265 g/mol. The quantitative estimate of drug-likeness (QED) is 0.821. The molecule has 0 spiro atoms. The van der Waals surface area contributed by atoms with E-state index in [4.69, 9.17) is 5.11 Å². The minimum Gasteiger partial charge on any atom is -0.480 e. The first-order valence-electron chi connectivity index (χ1n) is 6.43. The lowest BCUT2D eigenvalue weighted by atomic mass is 9.85. The summed E-state index contributed by atoms with van der Waals surface area (Å²) in [5.41, 5.74) is 0. The molecule has 0 aromatic carbocycles. The molecular formula is C12H18F3NO2. The zero-order valence-electron chi connectivity index (χ0n) is 10.0. The van der Waals surface area contributed by atoms with Crippen LogP contribution in [0.1, 0.15) is 38.5 Å². The Morgan fingerprint density at radius 3 is 2.39 bits per heavy atom. The molecular weight excluding hydrogens is 247 g/mol. The Balaban J connectivity index is 1.90. The van der Waals surface area contributed by atoms with Gasteiger partial charge in [-0.1, -0.05) is 6.42 Å². The van der Waals surface area contributed by atoms with Crippen LogP contribution in [0, 0.1) is 11.8 Å². The summed E-state index contributed by atoms with van der Waals surface area (Å²) in [7, 11) is 0. The molecule has 104 valence electrons. The Hall–Kier alpha value is -0.780. The van der Waals surface area contributed by atoms with Crippen molar-refractivity contribution in [2.75, 3.05) is 0 Å². The Labute approximate surface area is 104 Å². The number of halogens is 3. The lowest BCUT2D eigenvalue weighted by Gasteiger charge is -2.32. The molecule has 2 fully saturated rings. The number of carboxylic acids is 1. The first-order chi connectivity index (χ1) is 8.38. The molecule has 6 heteroatoms. The highest BCUT2D eigenvalue weighted by Gasteiger charge is 2.44. The molecule has 0 aliphatic heterocycles. The lowest BCUT2D eigenvalue weighted by molar-refractivity contribution is -0.184. The van der Waals surface area contributed by atoms with Gasteiger partial charge in [0.15, 0.2) is 0 Å². The Morgan fingerprint density at radius 1 is 1.22 bits per heavy atom. The molecule has 2 aliphatic carbocycles. The van der Waals surface area contributed by atoms with Crippen LogP contribution in [0.25, 0.3) is 0 Å². The van der Waals surface area contributed by atoms with E-state index in [1.54, 1.807) is 0 Å². The molecule has 0 amide bonds. The number of hydrogen-bond donors (Lipinski definition) is 2. The second-order valence-electron chi connectivity index (χ2n) is 5.42. The van der Waals surface area contributed by atoms with E-state index in [0.717, 1.165) is 12.8 Å². The summed E-state index contributed by atoms with van der Waals surface area (Å²) < 4.78 is 37.9. The van der Waals surface area contributed by atoms with E-state index in [1.165, 1.54) is 0 Å². The van der Waals surface area contributed by atoms with E-state index >= 15 is 0 Å². The highest BCUT2D eigenvalue weighted by Crippen LogP contribution is 2.39. The first kappa shape index (κ1) is 13.6. The van der Waals surface area contributed by atoms with Crippen molar-refractivity contribution >= 4 is 5.97 Å². The number of rotatable bonds is 4. The number of carboxylic acid groups (broad SMARTS) is 1. The predicted octanol–water partition coefficient (Wildman–Crippen LogP) is 2.56. The predicted molar refractivity (Wildman–Crippen MR) is 59.1 cm³/mol. The van der Waals surface area contributed by atoms with Gasteiger partial charge in [-0.25, -0.2) is 0 Å². The number of aliphatic carboxylic acids is 1. The van der Waals surface area contributed by atoms with Crippen molar-refractivity contribution in [3.05, 3.63) is 0 Å². The van der Waals surface area contributed by atoms with Crippen molar-refractivity contribution in [2.24, 2.45) is 11.8 Å². The van der Waals surface area contributed by atoms with Gasteiger partial charge in [-0.05, 0) is 38.0 Å². The molecule has 2 rings (SSSR count). The third-order valence-electron chi connectivity index (χ3n) is 3.91. The maximum absolute atomic E-state index is 12.6. The van der Waals surface area contributed by atoms with E-state index < -0.39 is 24.1 Å². The van der Waals surface area contributed by atoms with Gasteiger partial charge < -0.3 is 10.4 Å². The zero-order chi connectivity index (χ0) is 13.3. The fourth-order valence-corrected chi connectivity index (χ4v) is 2.73. The number of nitrogens with one attached hydrogen (secondary N) is 1. The minimum atomic E-state index is -4.15. The van der Waals surface area contributed by atoms with Gasteiger partial charge in [0.1, 0.15) is 6.04 Å². The molecule has 3 atom stereocenters. The lowest BCUT2D eigenvalue weighted by Crippen LogP contribution is -2.47. The maximum atomic E-state index is 12.6. The van der Waals surface area contributed by atoms with E-state index in [9.17, 15) is 18.0 Å². The average Bonchev–Trinajstić information content (AvgIpc) is 3.08. The van der Waals surface area contributed by atoms with E-state index in [-0.39, 0.29) is 24.8 Å². The summed E-state index contributed by atoms with van der Waals surface area (Å²) in [6.07, 6.45) is -1.10. The fourth-order valence-electron chi connectivity index (χ4n) is 2.73. The van der Waals surface area contributed by atoms with Crippen molar-refractivity contribution in [2.45, 2.75) is 56.8 Å². The molecule has 0 saturated heterocycles. The minimum absolute atomic E-state index is 0.0139. The summed E-state index contributed by atoms with van der Waals surface area (Å²) in [6.45, 7) is 0. The number of carbonyl (C=O) groups is 1. The molecule has 2 N–H and O–H groups in total. The van der Waals surface area contributed by atoms with Gasteiger partial charge in [0.2, 0.25) is 0 Å². The summed E-state index contributed by atoms with van der Waals surface area (Å²) >= 11 is 0. The molecule has 2 aliphatic rings. The van der Waals surface area contributed by atoms with Gasteiger partial charge in [-0.15, -0.1) is 0 Å². The van der Waals surface area contributed by atoms with Crippen LogP contribution in [0.2, 0.25) is 0 Å². The van der Waals surface area contributed by atoms with Gasteiger partial charge in [-0.2, -0.15) is 13.2 Å². The Morgan fingerprint density at radius 2 is 1.89 bits per heavy atom. The van der Waals surface area contributed by atoms with Gasteiger partial charge in [0.05, 0.1) is 5.92 Å². The number of hydrogen-bond acceptors (Lipinski definition) is 2. The SMILES string of the molecule is O=C(O)C(NC1CCCC(C(F)(F)F)C1)C1CC1. The molecule has 2 saturated carbocycles. The normalized spacial score (nSPS) is 31.1. The third kappa shape index (κ3) is 3.37. The first-order valence-corrected chi connectivity index (χ1v) is 6.43. The van der Waals surface area contributed by atoms with E-state index in [2.05, 4.69) is 5.32 Å². The molecule has 3 unspecified atom stereocenters. The fraction of sp³-hybridized carbons (Fsp3) is 0.917. The molecule has 3 nitrogen and oxygen atoms in total. The smallest absolute Gasteiger partial charge is 0.391 e. The second kappa shape index (κ2) is 5.07. The third-order valence-corrected chi connectivity index (χ3v) is 3.91. The van der Waals surface area contributed by atoms with Crippen LogP contribution in [0.15, 0.2) is 0 Å². The van der Waals surface area contributed by atoms with Crippen molar-refractivity contribution < 1.29 is 23.1 Å². The largest absolute Gasteiger partial charge is 0.480 e. The Kier molecular flexibility index (Phi) is 3.84. The highest BCUT2D eigenvalue weighted by molar-refractivity contribution is 5.74. The van der Waals surface area contributed by atoms with Crippen LogP contribution in [0.3, 0.4) is 0 Å². The van der Waals surface area contributed by atoms with Crippen molar-refractivity contribution in [3.63, 3.8) is 0 Å². The molecule has 0 heterocycles. The molecule has 0 aromatic rings. The van der Waals surface area contributed by atoms with Gasteiger partial charge in [-0.3, -0.25) is 4.79 Å². The van der Waals surface area contributed by atoms with Crippen LogP contribution in [-0.2, 0) is 4.79 Å². The van der Waals surface area contributed by atoms with Crippen molar-refractivity contribution in [1.82, 2.24) is 5.32 Å².